The minimum atomic E-state index is -0.278. The van der Waals surface area contributed by atoms with Gasteiger partial charge in [0.25, 0.3) is 0 Å². The topological polar surface area (TPSA) is 57.7 Å². The first-order valence-corrected chi connectivity index (χ1v) is 10.4. The molecular weight excluding hydrogens is 398 g/mol. The van der Waals surface area contributed by atoms with Gasteiger partial charge >= 0.3 is 5.97 Å². The van der Waals surface area contributed by atoms with Gasteiger partial charge in [0.1, 0.15) is 11.6 Å². The van der Waals surface area contributed by atoms with Crippen molar-refractivity contribution in [3.63, 3.8) is 0 Å². The van der Waals surface area contributed by atoms with E-state index in [1.165, 1.54) is 11.3 Å². The number of methoxy groups -OCH3 is 2. The Bertz CT molecular complexity index is 1180. The zero-order valence-electron chi connectivity index (χ0n) is 16.8. The SMILES string of the molecule is COc1cccc(-c2nc(COC(=O)Cc3cccc4ccccc34)cs2)c1OC. The maximum atomic E-state index is 12.4. The third-order valence-corrected chi connectivity index (χ3v) is 5.71. The third-order valence-electron chi connectivity index (χ3n) is 4.78. The van der Waals surface area contributed by atoms with Crippen LogP contribution < -0.4 is 9.47 Å². The molecule has 1 heterocycles. The fourth-order valence-electron chi connectivity index (χ4n) is 3.36. The second-order valence-electron chi connectivity index (χ2n) is 6.66. The minimum Gasteiger partial charge on any atom is -0.493 e. The standard InChI is InChI=1S/C24H21NO4S/c1-27-21-12-6-11-20(23(21)28-2)24-25-18(15-30-24)14-29-22(26)13-17-9-5-8-16-7-3-4-10-19(16)17/h3-12,15H,13-14H2,1-2H3. The smallest absolute Gasteiger partial charge is 0.310 e. The number of nitrogens with zero attached hydrogens (tertiary/aromatic N) is 1. The molecule has 4 rings (SSSR count). The molecule has 0 atom stereocenters. The summed E-state index contributed by atoms with van der Waals surface area (Å²) in [4.78, 5) is 17.0. The summed E-state index contributed by atoms with van der Waals surface area (Å²) < 4.78 is 16.3. The van der Waals surface area contributed by atoms with Gasteiger partial charge in [0.15, 0.2) is 11.5 Å². The van der Waals surface area contributed by atoms with E-state index in [0.717, 1.165) is 26.9 Å². The molecule has 0 aliphatic rings. The molecule has 3 aromatic carbocycles. The van der Waals surface area contributed by atoms with Crippen molar-refractivity contribution in [2.24, 2.45) is 0 Å². The van der Waals surface area contributed by atoms with Crippen LogP contribution in [-0.2, 0) is 22.6 Å². The first-order chi connectivity index (χ1) is 14.7. The highest BCUT2D eigenvalue weighted by Gasteiger charge is 2.15. The number of rotatable bonds is 7. The maximum Gasteiger partial charge on any atom is 0.310 e. The molecule has 6 heteroatoms. The van der Waals surface area contributed by atoms with Gasteiger partial charge in [-0.15, -0.1) is 11.3 Å². The summed E-state index contributed by atoms with van der Waals surface area (Å²) in [6, 6.07) is 19.6. The molecule has 0 N–H and O–H groups in total. The zero-order chi connectivity index (χ0) is 20.9. The summed E-state index contributed by atoms with van der Waals surface area (Å²) in [5, 5.41) is 4.85. The number of esters is 1. The van der Waals surface area contributed by atoms with E-state index < -0.39 is 0 Å². The van der Waals surface area contributed by atoms with Crippen molar-refractivity contribution in [3.8, 4) is 22.1 Å². The van der Waals surface area contributed by atoms with Crippen LogP contribution in [-0.4, -0.2) is 25.2 Å². The number of aromatic nitrogens is 1. The number of benzene rings is 3. The minimum absolute atomic E-state index is 0.131. The lowest BCUT2D eigenvalue weighted by atomic mass is 10.0. The molecule has 5 nitrogen and oxygen atoms in total. The molecule has 30 heavy (non-hydrogen) atoms. The van der Waals surface area contributed by atoms with Crippen molar-refractivity contribution in [1.29, 1.82) is 0 Å². The molecule has 0 fully saturated rings. The average Bonchev–Trinajstić information content (AvgIpc) is 3.26. The van der Waals surface area contributed by atoms with Gasteiger partial charge in [-0.1, -0.05) is 48.5 Å². The molecule has 0 aliphatic heterocycles. The van der Waals surface area contributed by atoms with E-state index in [1.807, 2.05) is 66.0 Å². The molecule has 0 radical (unpaired) electrons. The van der Waals surface area contributed by atoms with Crippen LogP contribution in [0.1, 0.15) is 11.3 Å². The summed E-state index contributed by atoms with van der Waals surface area (Å²) in [5.41, 5.74) is 2.50. The summed E-state index contributed by atoms with van der Waals surface area (Å²) in [7, 11) is 3.20. The van der Waals surface area contributed by atoms with E-state index in [2.05, 4.69) is 4.98 Å². The lowest BCUT2D eigenvalue weighted by Gasteiger charge is -2.10. The maximum absolute atomic E-state index is 12.4. The lowest BCUT2D eigenvalue weighted by Crippen LogP contribution is -2.08. The Kier molecular flexibility index (Phi) is 5.95. The molecule has 1 aromatic heterocycles. The van der Waals surface area contributed by atoms with E-state index in [-0.39, 0.29) is 19.0 Å². The monoisotopic (exact) mass is 419 g/mol. The quantitative estimate of drug-likeness (QED) is 0.382. The van der Waals surface area contributed by atoms with E-state index in [1.54, 1.807) is 14.2 Å². The number of para-hydroxylation sites is 1. The van der Waals surface area contributed by atoms with E-state index >= 15 is 0 Å². The van der Waals surface area contributed by atoms with Crippen LogP contribution in [0.5, 0.6) is 11.5 Å². The average molecular weight is 420 g/mol. The Labute approximate surface area is 178 Å². The Morgan fingerprint density at radius 1 is 0.967 bits per heavy atom. The number of fused-ring (bicyclic) bond motifs is 1. The van der Waals surface area contributed by atoms with Gasteiger partial charge in [-0.3, -0.25) is 4.79 Å². The van der Waals surface area contributed by atoms with Crippen LogP contribution in [0, 0.1) is 0 Å². The van der Waals surface area contributed by atoms with Crippen molar-refractivity contribution < 1.29 is 19.0 Å². The highest BCUT2D eigenvalue weighted by Crippen LogP contribution is 2.39. The molecule has 0 bridgehead atoms. The zero-order valence-corrected chi connectivity index (χ0v) is 17.6. The van der Waals surface area contributed by atoms with Crippen molar-refractivity contribution >= 4 is 28.1 Å². The molecule has 0 saturated carbocycles. The van der Waals surface area contributed by atoms with Crippen LogP contribution >= 0.6 is 11.3 Å². The van der Waals surface area contributed by atoms with Gasteiger partial charge in [-0.25, -0.2) is 4.98 Å². The van der Waals surface area contributed by atoms with E-state index in [0.29, 0.717) is 17.2 Å². The van der Waals surface area contributed by atoms with Gasteiger partial charge in [0.2, 0.25) is 0 Å². The molecule has 4 aromatic rings. The predicted octanol–water partition coefficient (Wildman–Crippen LogP) is 5.27. The second-order valence-corrected chi connectivity index (χ2v) is 7.52. The number of carbonyl (C=O) groups is 1. The molecule has 152 valence electrons. The normalized spacial score (nSPS) is 10.7. The highest BCUT2D eigenvalue weighted by atomic mass is 32.1. The van der Waals surface area contributed by atoms with Gasteiger partial charge in [0, 0.05) is 5.38 Å². The summed E-state index contributed by atoms with van der Waals surface area (Å²) in [6.07, 6.45) is 0.224. The van der Waals surface area contributed by atoms with Crippen LogP contribution in [0.4, 0.5) is 0 Å². The molecule has 0 aliphatic carbocycles. The molecule has 0 saturated heterocycles. The Balaban J connectivity index is 1.44. The predicted molar refractivity (Wildman–Crippen MR) is 118 cm³/mol. The summed E-state index contributed by atoms with van der Waals surface area (Å²) in [5.74, 6) is 1.00. The van der Waals surface area contributed by atoms with Crippen LogP contribution in [0.15, 0.2) is 66.0 Å². The lowest BCUT2D eigenvalue weighted by molar-refractivity contribution is -0.144. The first kappa shape index (κ1) is 19.9. The fourth-order valence-corrected chi connectivity index (χ4v) is 4.19. The molecule has 0 unspecified atom stereocenters. The van der Waals surface area contributed by atoms with Crippen LogP contribution in [0.3, 0.4) is 0 Å². The number of hydrogen-bond donors (Lipinski definition) is 0. The summed E-state index contributed by atoms with van der Waals surface area (Å²) in [6.45, 7) is 0.131. The number of thiazole rings is 1. The first-order valence-electron chi connectivity index (χ1n) is 9.47. The van der Waals surface area contributed by atoms with E-state index in [4.69, 9.17) is 14.2 Å². The fraction of sp³-hybridized carbons (Fsp3) is 0.167. The van der Waals surface area contributed by atoms with E-state index in [9.17, 15) is 4.79 Å². The molecular formula is C24H21NO4S. The van der Waals surface area contributed by atoms with Gasteiger partial charge in [-0.2, -0.15) is 0 Å². The van der Waals surface area contributed by atoms with Crippen molar-refractivity contribution in [2.75, 3.05) is 14.2 Å². The van der Waals surface area contributed by atoms with Gasteiger partial charge in [-0.05, 0) is 28.5 Å². The summed E-state index contributed by atoms with van der Waals surface area (Å²) >= 11 is 1.47. The Morgan fingerprint density at radius 2 is 1.77 bits per heavy atom. The van der Waals surface area contributed by atoms with Crippen molar-refractivity contribution in [3.05, 3.63) is 77.3 Å². The van der Waals surface area contributed by atoms with Crippen LogP contribution in [0.2, 0.25) is 0 Å². The number of ether oxygens (including phenoxy) is 3. The third kappa shape index (κ3) is 4.14. The Morgan fingerprint density at radius 3 is 2.60 bits per heavy atom. The van der Waals surface area contributed by atoms with Crippen LogP contribution in [0.25, 0.3) is 21.3 Å². The number of carbonyl (C=O) groups excluding carboxylic acids is 1. The van der Waals surface area contributed by atoms with Gasteiger partial charge in [0.05, 0.1) is 31.9 Å². The van der Waals surface area contributed by atoms with Crippen molar-refractivity contribution in [1.82, 2.24) is 4.98 Å². The molecule has 0 spiro atoms. The largest absolute Gasteiger partial charge is 0.493 e. The number of hydrogen-bond acceptors (Lipinski definition) is 6. The molecule has 0 amide bonds. The van der Waals surface area contributed by atoms with Crippen molar-refractivity contribution in [2.45, 2.75) is 13.0 Å². The Hall–Kier alpha value is -3.38. The second kappa shape index (κ2) is 8.97. The highest BCUT2D eigenvalue weighted by molar-refractivity contribution is 7.13. The van der Waals surface area contributed by atoms with Gasteiger partial charge < -0.3 is 14.2 Å².